The molecule has 1 unspecified atom stereocenters. The summed E-state index contributed by atoms with van der Waals surface area (Å²) in [5, 5.41) is 11.8. The number of nitrogens with zero attached hydrogens (tertiary/aromatic N) is 2. The zero-order valence-electron chi connectivity index (χ0n) is 11.5. The number of halogens is 1. The Kier molecular flexibility index (Phi) is 6.38. The largest absolute Gasteiger partial charge is 0.481 e. The number of nitrogens with one attached hydrogen (secondary N) is 1. The normalized spacial score (nSPS) is 12.2. The Labute approximate surface area is 122 Å². The fourth-order valence-electron chi connectivity index (χ4n) is 1.91. The van der Waals surface area contributed by atoms with Gasteiger partial charge in [-0.15, -0.1) is 0 Å². The number of rotatable bonds is 7. The summed E-state index contributed by atoms with van der Waals surface area (Å²) in [6.45, 7) is 4.33. The molecule has 1 heterocycles. The Bertz CT molecular complexity index is 462. The summed E-state index contributed by atoms with van der Waals surface area (Å²) in [5.74, 6) is -0.979. The van der Waals surface area contributed by atoms with Crippen molar-refractivity contribution in [1.82, 2.24) is 15.3 Å². The smallest absolute Gasteiger partial charge is 0.303 e. The molecule has 1 amide bonds. The van der Waals surface area contributed by atoms with Crippen molar-refractivity contribution in [2.45, 2.75) is 26.7 Å². The molecular formula is C13H18ClN3O3. The first-order valence-corrected chi connectivity index (χ1v) is 6.73. The molecule has 110 valence electrons. The first-order valence-electron chi connectivity index (χ1n) is 6.36. The lowest BCUT2D eigenvalue weighted by Crippen LogP contribution is -2.31. The number of aliphatic carboxylic acids is 1. The van der Waals surface area contributed by atoms with Crippen LogP contribution in [-0.4, -0.2) is 33.5 Å². The van der Waals surface area contributed by atoms with E-state index in [9.17, 15) is 9.59 Å². The molecule has 1 aromatic heterocycles. The number of carbonyl (C=O) groups is 2. The SMILES string of the molecule is CC(C)CC(CNC(=O)c1cnc(Cl)cn1)CC(=O)O. The molecule has 0 bridgehead atoms. The molecule has 0 saturated carbocycles. The lowest BCUT2D eigenvalue weighted by molar-refractivity contribution is -0.138. The third-order valence-corrected chi connectivity index (χ3v) is 2.87. The van der Waals surface area contributed by atoms with Crippen molar-refractivity contribution in [3.63, 3.8) is 0 Å². The molecule has 2 N–H and O–H groups in total. The van der Waals surface area contributed by atoms with Crippen molar-refractivity contribution in [1.29, 1.82) is 0 Å². The zero-order valence-corrected chi connectivity index (χ0v) is 12.2. The third kappa shape index (κ3) is 5.97. The van der Waals surface area contributed by atoms with E-state index in [2.05, 4.69) is 15.3 Å². The Morgan fingerprint density at radius 1 is 1.35 bits per heavy atom. The van der Waals surface area contributed by atoms with Gasteiger partial charge in [0.25, 0.3) is 5.91 Å². The van der Waals surface area contributed by atoms with Crippen LogP contribution in [0.2, 0.25) is 5.15 Å². The van der Waals surface area contributed by atoms with E-state index in [0.717, 1.165) is 6.42 Å². The number of amides is 1. The molecule has 0 aromatic carbocycles. The van der Waals surface area contributed by atoms with Crippen molar-refractivity contribution < 1.29 is 14.7 Å². The van der Waals surface area contributed by atoms with Gasteiger partial charge in [-0.1, -0.05) is 25.4 Å². The second-order valence-electron chi connectivity index (χ2n) is 5.03. The molecule has 7 heteroatoms. The Balaban J connectivity index is 2.55. The minimum atomic E-state index is -0.865. The lowest BCUT2D eigenvalue weighted by Gasteiger charge is -2.17. The first kappa shape index (κ1) is 16.4. The highest BCUT2D eigenvalue weighted by atomic mass is 35.5. The average Bonchev–Trinajstić information content (AvgIpc) is 2.35. The molecule has 0 spiro atoms. The van der Waals surface area contributed by atoms with Crippen LogP contribution in [0.4, 0.5) is 0 Å². The Hall–Kier alpha value is -1.69. The van der Waals surface area contributed by atoms with Crippen molar-refractivity contribution in [2.24, 2.45) is 11.8 Å². The van der Waals surface area contributed by atoms with Gasteiger partial charge < -0.3 is 10.4 Å². The molecule has 20 heavy (non-hydrogen) atoms. The maximum atomic E-state index is 11.8. The quantitative estimate of drug-likeness (QED) is 0.803. The van der Waals surface area contributed by atoms with Gasteiger partial charge in [-0.25, -0.2) is 9.97 Å². The summed E-state index contributed by atoms with van der Waals surface area (Å²) >= 11 is 5.59. The van der Waals surface area contributed by atoms with Crippen LogP contribution >= 0.6 is 11.6 Å². The van der Waals surface area contributed by atoms with E-state index < -0.39 is 5.97 Å². The van der Waals surface area contributed by atoms with E-state index in [1.165, 1.54) is 12.4 Å². The average molecular weight is 300 g/mol. The molecule has 0 aliphatic rings. The van der Waals surface area contributed by atoms with Crippen LogP contribution in [0.5, 0.6) is 0 Å². The van der Waals surface area contributed by atoms with Gasteiger partial charge in [0, 0.05) is 13.0 Å². The van der Waals surface area contributed by atoms with Gasteiger partial charge in [-0.3, -0.25) is 9.59 Å². The maximum Gasteiger partial charge on any atom is 0.303 e. The van der Waals surface area contributed by atoms with Crippen LogP contribution in [-0.2, 0) is 4.79 Å². The molecule has 0 radical (unpaired) electrons. The van der Waals surface area contributed by atoms with E-state index >= 15 is 0 Å². The fourth-order valence-corrected chi connectivity index (χ4v) is 2.01. The maximum absolute atomic E-state index is 11.8. The van der Waals surface area contributed by atoms with Crippen molar-refractivity contribution >= 4 is 23.5 Å². The topological polar surface area (TPSA) is 92.2 Å². The molecule has 0 aliphatic carbocycles. The highest BCUT2D eigenvalue weighted by Gasteiger charge is 2.17. The summed E-state index contributed by atoms with van der Waals surface area (Å²) in [6, 6.07) is 0. The van der Waals surface area contributed by atoms with Crippen LogP contribution in [0.3, 0.4) is 0 Å². The molecule has 1 atom stereocenters. The van der Waals surface area contributed by atoms with Gasteiger partial charge in [-0.2, -0.15) is 0 Å². The Morgan fingerprint density at radius 3 is 2.55 bits per heavy atom. The van der Waals surface area contributed by atoms with E-state index in [1.807, 2.05) is 13.8 Å². The Morgan fingerprint density at radius 2 is 2.05 bits per heavy atom. The summed E-state index contributed by atoms with van der Waals surface area (Å²) in [7, 11) is 0. The summed E-state index contributed by atoms with van der Waals surface area (Å²) in [4.78, 5) is 30.2. The van der Waals surface area contributed by atoms with Crippen LogP contribution in [0, 0.1) is 11.8 Å². The van der Waals surface area contributed by atoms with E-state index in [4.69, 9.17) is 16.7 Å². The van der Waals surface area contributed by atoms with Crippen molar-refractivity contribution in [3.8, 4) is 0 Å². The standard InChI is InChI=1S/C13H18ClN3O3/c1-8(2)3-9(4-12(18)19)5-17-13(20)10-6-16-11(14)7-15-10/h6-9H,3-5H2,1-2H3,(H,17,20)(H,18,19). The highest BCUT2D eigenvalue weighted by molar-refractivity contribution is 6.29. The second kappa shape index (κ2) is 7.79. The molecular weight excluding hydrogens is 282 g/mol. The number of carbonyl (C=O) groups excluding carboxylic acids is 1. The first-order chi connectivity index (χ1) is 9.38. The minimum absolute atomic E-state index is 0.0325. The predicted molar refractivity (Wildman–Crippen MR) is 74.6 cm³/mol. The number of carboxylic acid groups (broad SMARTS) is 1. The summed E-state index contributed by atoms with van der Waals surface area (Å²) in [6.07, 6.45) is 3.34. The van der Waals surface area contributed by atoms with E-state index in [0.29, 0.717) is 12.5 Å². The molecule has 1 rings (SSSR count). The minimum Gasteiger partial charge on any atom is -0.481 e. The van der Waals surface area contributed by atoms with Crippen LogP contribution in [0.15, 0.2) is 12.4 Å². The lowest BCUT2D eigenvalue weighted by atomic mass is 9.94. The van der Waals surface area contributed by atoms with Crippen LogP contribution in [0.1, 0.15) is 37.2 Å². The highest BCUT2D eigenvalue weighted by Crippen LogP contribution is 2.15. The van der Waals surface area contributed by atoms with E-state index in [-0.39, 0.29) is 29.1 Å². The monoisotopic (exact) mass is 299 g/mol. The predicted octanol–water partition coefficient (Wildman–Crippen LogP) is 2.00. The van der Waals surface area contributed by atoms with E-state index in [1.54, 1.807) is 0 Å². The number of hydrogen-bond acceptors (Lipinski definition) is 4. The fraction of sp³-hybridized carbons (Fsp3) is 0.538. The van der Waals surface area contributed by atoms with Crippen LogP contribution in [0.25, 0.3) is 0 Å². The number of aromatic nitrogens is 2. The molecule has 0 saturated heterocycles. The van der Waals surface area contributed by atoms with Gasteiger partial charge in [0.2, 0.25) is 0 Å². The van der Waals surface area contributed by atoms with Gasteiger partial charge in [0.1, 0.15) is 10.8 Å². The molecule has 1 aromatic rings. The summed E-state index contributed by atoms with van der Waals surface area (Å²) < 4.78 is 0. The van der Waals surface area contributed by atoms with Crippen molar-refractivity contribution in [2.75, 3.05) is 6.54 Å². The second-order valence-corrected chi connectivity index (χ2v) is 5.42. The van der Waals surface area contributed by atoms with Gasteiger partial charge in [0.05, 0.1) is 12.4 Å². The number of hydrogen-bond donors (Lipinski definition) is 2. The molecule has 0 aliphatic heterocycles. The molecule has 6 nitrogen and oxygen atoms in total. The summed E-state index contributed by atoms with van der Waals surface area (Å²) in [5.41, 5.74) is 0.160. The zero-order chi connectivity index (χ0) is 15.1. The van der Waals surface area contributed by atoms with Crippen LogP contribution < -0.4 is 5.32 Å². The van der Waals surface area contributed by atoms with Crippen molar-refractivity contribution in [3.05, 3.63) is 23.2 Å². The van der Waals surface area contributed by atoms with Gasteiger partial charge in [-0.05, 0) is 18.3 Å². The molecule has 0 fully saturated rings. The van der Waals surface area contributed by atoms with Gasteiger partial charge >= 0.3 is 5.97 Å². The number of carboxylic acids is 1. The third-order valence-electron chi connectivity index (χ3n) is 2.67. The van der Waals surface area contributed by atoms with Gasteiger partial charge in [0.15, 0.2) is 0 Å².